The molecule has 1 aromatic heterocycles. The Labute approximate surface area is 84.7 Å². The molecule has 0 aliphatic rings. The van der Waals surface area contributed by atoms with Gasteiger partial charge in [-0.3, -0.25) is 4.68 Å². The van der Waals surface area contributed by atoms with Crippen molar-refractivity contribution in [2.45, 2.75) is 32.3 Å². The van der Waals surface area contributed by atoms with E-state index in [1.807, 2.05) is 13.1 Å². The molecule has 0 fully saturated rings. The molecule has 3 N–H and O–H groups in total. The number of aromatic nitrogens is 2. The van der Waals surface area contributed by atoms with E-state index in [9.17, 15) is 5.11 Å². The molecule has 0 unspecified atom stereocenters. The Balaban J connectivity index is 3.05. The lowest BCUT2D eigenvalue weighted by Gasteiger charge is -2.13. The van der Waals surface area contributed by atoms with Crippen LogP contribution in [-0.4, -0.2) is 21.4 Å². The van der Waals surface area contributed by atoms with Crippen molar-refractivity contribution in [1.82, 2.24) is 9.78 Å². The average molecular weight is 197 g/mol. The van der Waals surface area contributed by atoms with Gasteiger partial charge in [0.05, 0.1) is 11.4 Å². The van der Waals surface area contributed by atoms with E-state index in [1.54, 1.807) is 4.68 Å². The topological polar surface area (TPSA) is 64.1 Å². The zero-order valence-corrected chi connectivity index (χ0v) is 9.28. The standard InChI is InChI=1S/C10H19N3O/c1-10(2,3)9-5-7(8(14)6-11)13(4)12-9/h5,8,14H,6,11H2,1-4H3/t8-/m1/s1. The summed E-state index contributed by atoms with van der Waals surface area (Å²) in [7, 11) is 1.82. The van der Waals surface area contributed by atoms with E-state index in [1.165, 1.54) is 0 Å². The maximum absolute atomic E-state index is 9.60. The summed E-state index contributed by atoms with van der Waals surface area (Å²) in [6.07, 6.45) is -0.622. The molecule has 1 aromatic rings. The van der Waals surface area contributed by atoms with Crippen LogP contribution in [0, 0.1) is 0 Å². The third kappa shape index (κ3) is 2.13. The molecule has 0 aromatic carbocycles. The Kier molecular flexibility index (Phi) is 2.97. The van der Waals surface area contributed by atoms with Gasteiger partial charge in [0.1, 0.15) is 6.10 Å². The summed E-state index contributed by atoms with van der Waals surface area (Å²) in [6, 6.07) is 1.91. The molecule has 4 heteroatoms. The number of rotatable bonds is 2. The van der Waals surface area contributed by atoms with E-state index in [2.05, 4.69) is 25.9 Å². The Bertz CT molecular complexity index is 312. The fourth-order valence-corrected chi connectivity index (χ4v) is 1.28. The summed E-state index contributed by atoms with van der Waals surface area (Å²) < 4.78 is 1.69. The minimum atomic E-state index is -0.622. The van der Waals surface area contributed by atoms with Crippen molar-refractivity contribution in [2.75, 3.05) is 6.54 Å². The van der Waals surface area contributed by atoms with Crippen molar-refractivity contribution in [3.63, 3.8) is 0 Å². The fraction of sp³-hybridized carbons (Fsp3) is 0.700. The van der Waals surface area contributed by atoms with E-state index in [4.69, 9.17) is 5.73 Å². The smallest absolute Gasteiger partial charge is 0.108 e. The molecule has 14 heavy (non-hydrogen) atoms. The number of aliphatic hydroxyl groups excluding tert-OH is 1. The molecule has 80 valence electrons. The van der Waals surface area contributed by atoms with Crippen molar-refractivity contribution in [3.8, 4) is 0 Å². The van der Waals surface area contributed by atoms with Gasteiger partial charge in [0, 0.05) is 19.0 Å². The highest BCUT2D eigenvalue weighted by molar-refractivity contribution is 5.19. The normalized spacial score (nSPS) is 14.4. The van der Waals surface area contributed by atoms with E-state index >= 15 is 0 Å². The van der Waals surface area contributed by atoms with Crippen LogP contribution in [0.3, 0.4) is 0 Å². The van der Waals surface area contributed by atoms with Gasteiger partial charge >= 0.3 is 0 Å². The average Bonchev–Trinajstić information content (AvgIpc) is 2.45. The van der Waals surface area contributed by atoms with Gasteiger partial charge in [-0.25, -0.2) is 0 Å². The third-order valence-electron chi connectivity index (χ3n) is 2.25. The minimum Gasteiger partial charge on any atom is -0.385 e. The number of nitrogens with two attached hydrogens (primary N) is 1. The molecule has 1 atom stereocenters. The lowest BCUT2D eigenvalue weighted by molar-refractivity contribution is 0.177. The first-order chi connectivity index (χ1) is 6.36. The Morgan fingerprint density at radius 1 is 1.57 bits per heavy atom. The van der Waals surface area contributed by atoms with E-state index in [0.717, 1.165) is 11.4 Å². The molecule has 0 saturated heterocycles. The summed E-state index contributed by atoms with van der Waals surface area (Å²) in [5.74, 6) is 0. The van der Waals surface area contributed by atoms with Crippen LogP contribution < -0.4 is 5.73 Å². The van der Waals surface area contributed by atoms with Crippen LogP contribution >= 0.6 is 0 Å². The van der Waals surface area contributed by atoms with Crippen LogP contribution in [0.25, 0.3) is 0 Å². The van der Waals surface area contributed by atoms with E-state index in [0.29, 0.717) is 0 Å². The molecule has 0 saturated carbocycles. The fourth-order valence-electron chi connectivity index (χ4n) is 1.28. The van der Waals surface area contributed by atoms with E-state index in [-0.39, 0.29) is 12.0 Å². The highest BCUT2D eigenvalue weighted by Gasteiger charge is 2.20. The highest BCUT2D eigenvalue weighted by Crippen LogP contribution is 2.23. The van der Waals surface area contributed by atoms with Crippen LogP contribution in [0.5, 0.6) is 0 Å². The number of hydrogen-bond acceptors (Lipinski definition) is 3. The molecular weight excluding hydrogens is 178 g/mol. The van der Waals surface area contributed by atoms with Crippen LogP contribution in [0.2, 0.25) is 0 Å². The Morgan fingerprint density at radius 3 is 2.50 bits per heavy atom. The predicted octanol–water partition coefficient (Wildman–Crippen LogP) is 0.710. The number of hydrogen-bond donors (Lipinski definition) is 2. The van der Waals surface area contributed by atoms with Crippen LogP contribution in [0.1, 0.15) is 38.3 Å². The first-order valence-corrected chi connectivity index (χ1v) is 4.79. The van der Waals surface area contributed by atoms with Gasteiger partial charge in [-0.05, 0) is 6.07 Å². The number of nitrogens with zero attached hydrogens (tertiary/aromatic N) is 2. The van der Waals surface area contributed by atoms with Gasteiger partial charge in [-0.2, -0.15) is 5.10 Å². The monoisotopic (exact) mass is 197 g/mol. The predicted molar refractivity (Wildman–Crippen MR) is 55.9 cm³/mol. The summed E-state index contributed by atoms with van der Waals surface area (Å²) in [6.45, 7) is 6.50. The first kappa shape index (κ1) is 11.2. The second kappa shape index (κ2) is 3.71. The zero-order chi connectivity index (χ0) is 10.9. The number of aryl methyl sites for hydroxylation is 1. The summed E-state index contributed by atoms with van der Waals surface area (Å²) in [5, 5.41) is 14.0. The van der Waals surface area contributed by atoms with Gasteiger partial charge in [0.15, 0.2) is 0 Å². The molecule has 0 amide bonds. The molecule has 1 rings (SSSR count). The van der Waals surface area contributed by atoms with Crippen LogP contribution in [0.4, 0.5) is 0 Å². The van der Waals surface area contributed by atoms with Gasteiger partial charge < -0.3 is 10.8 Å². The summed E-state index contributed by atoms with van der Waals surface area (Å²) in [4.78, 5) is 0. The van der Waals surface area contributed by atoms with Gasteiger partial charge in [0.25, 0.3) is 0 Å². The quantitative estimate of drug-likeness (QED) is 0.734. The van der Waals surface area contributed by atoms with Gasteiger partial charge in [-0.15, -0.1) is 0 Å². The highest BCUT2D eigenvalue weighted by atomic mass is 16.3. The van der Waals surface area contributed by atoms with Crippen LogP contribution in [-0.2, 0) is 12.5 Å². The molecule has 0 radical (unpaired) electrons. The van der Waals surface area contributed by atoms with Gasteiger partial charge in [0.2, 0.25) is 0 Å². The zero-order valence-electron chi connectivity index (χ0n) is 9.28. The molecule has 0 aliphatic carbocycles. The lowest BCUT2D eigenvalue weighted by atomic mass is 9.92. The second-order valence-electron chi connectivity index (χ2n) is 4.58. The summed E-state index contributed by atoms with van der Waals surface area (Å²) >= 11 is 0. The molecule has 4 nitrogen and oxygen atoms in total. The van der Waals surface area contributed by atoms with Crippen LogP contribution in [0.15, 0.2) is 6.07 Å². The molecular formula is C10H19N3O. The van der Waals surface area contributed by atoms with E-state index < -0.39 is 6.10 Å². The maximum Gasteiger partial charge on any atom is 0.108 e. The van der Waals surface area contributed by atoms with Crippen molar-refractivity contribution < 1.29 is 5.11 Å². The van der Waals surface area contributed by atoms with Crippen molar-refractivity contribution in [3.05, 3.63) is 17.5 Å². The maximum atomic E-state index is 9.60. The molecule has 0 aliphatic heterocycles. The third-order valence-corrected chi connectivity index (χ3v) is 2.25. The summed E-state index contributed by atoms with van der Waals surface area (Å²) in [5.41, 5.74) is 7.15. The lowest BCUT2D eigenvalue weighted by Crippen LogP contribution is -2.14. The van der Waals surface area contributed by atoms with Crippen molar-refractivity contribution >= 4 is 0 Å². The molecule has 0 spiro atoms. The van der Waals surface area contributed by atoms with Crippen molar-refractivity contribution in [2.24, 2.45) is 12.8 Å². The number of aliphatic hydroxyl groups is 1. The molecule has 0 bridgehead atoms. The van der Waals surface area contributed by atoms with Gasteiger partial charge in [-0.1, -0.05) is 20.8 Å². The largest absolute Gasteiger partial charge is 0.385 e. The first-order valence-electron chi connectivity index (χ1n) is 4.79. The molecule has 1 heterocycles. The second-order valence-corrected chi connectivity index (χ2v) is 4.58. The Morgan fingerprint density at radius 2 is 2.14 bits per heavy atom. The minimum absolute atomic E-state index is 0.00429. The Hall–Kier alpha value is -0.870. The SMILES string of the molecule is Cn1nc(C(C)(C)C)cc1[C@H](O)CN. The van der Waals surface area contributed by atoms with Crippen molar-refractivity contribution in [1.29, 1.82) is 0 Å².